The van der Waals surface area contributed by atoms with Gasteiger partial charge in [0.05, 0.1) is 20.3 Å². The van der Waals surface area contributed by atoms with Crippen LogP contribution in [0, 0.1) is 0 Å². The van der Waals surface area contributed by atoms with Gasteiger partial charge in [-0.15, -0.1) is 11.3 Å². The molecule has 20 heavy (non-hydrogen) atoms. The fraction of sp³-hybridized carbons (Fsp3) is 0.143. The van der Waals surface area contributed by atoms with Crippen molar-refractivity contribution < 1.29 is 13.2 Å². The number of thiophene rings is 1. The average Bonchev–Trinajstić information content (AvgIpc) is 2.94. The summed E-state index contributed by atoms with van der Waals surface area (Å²) in [6.07, 6.45) is -2.33. The molecule has 0 fully saturated rings. The Kier molecular flexibility index (Phi) is 3.38. The lowest BCUT2D eigenvalue weighted by molar-refractivity contribution is -0.137. The molecule has 0 spiro atoms. The molecular weight excluding hydrogens is 351 g/mol. The standard InChI is InChI=1S/C14H9BrF3NS/c15-11-8-20-12-5-6-19(13(11)12)7-9-1-3-10(4-2-9)14(16,17)18/h1-6,8H,7H2. The van der Waals surface area contributed by atoms with Gasteiger partial charge in [0.15, 0.2) is 0 Å². The van der Waals surface area contributed by atoms with Crippen LogP contribution < -0.4 is 0 Å². The minimum absolute atomic E-state index is 0.553. The fourth-order valence-electron chi connectivity index (χ4n) is 2.10. The first-order valence-electron chi connectivity index (χ1n) is 5.83. The van der Waals surface area contributed by atoms with Crippen molar-refractivity contribution in [2.75, 3.05) is 0 Å². The first kappa shape index (κ1) is 13.7. The second kappa shape index (κ2) is 4.93. The maximum absolute atomic E-state index is 12.5. The molecule has 0 N–H and O–H groups in total. The highest BCUT2D eigenvalue weighted by atomic mass is 79.9. The number of hydrogen-bond acceptors (Lipinski definition) is 1. The van der Waals surface area contributed by atoms with Crippen molar-refractivity contribution in [3.05, 3.63) is 57.5 Å². The van der Waals surface area contributed by atoms with Crippen molar-refractivity contribution in [1.29, 1.82) is 0 Å². The van der Waals surface area contributed by atoms with Crippen LogP contribution in [0.15, 0.2) is 46.4 Å². The van der Waals surface area contributed by atoms with E-state index in [1.807, 2.05) is 22.2 Å². The molecule has 2 heterocycles. The Labute approximate surface area is 125 Å². The molecule has 2 aromatic heterocycles. The number of aromatic nitrogens is 1. The van der Waals surface area contributed by atoms with Crippen molar-refractivity contribution in [3.8, 4) is 0 Å². The molecule has 0 saturated carbocycles. The van der Waals surface area contributed by atoms with Gasteiger partial charge in [-0.2, -0.15) is 13.2 Å². The fourth-order valence-corrected chi connectivity index (χ4v) is 3.77. The number of fused-ring (bicyclic) bond motifs is 1. The van der Waals surface area contributed by atoms with E-state index in [4.69, 9.17) is 0 Å². The molecule has 0 aliphatic carbocycles. The normalized spacial score (nSPS) is 12.2. The van der Waals surface area contributed by atoms with Gasteiger partial charge in [-0.05, 0) is 39.7 Å². The molecule has 3 aromatic rings. The van der Waals surface area contributed by atoms with Crippen LogP contribution in [-0.4, -0.2) is 4.57 Å². The van der Waals surface area contributed by atoms with Gasteiger partial charge in [-0.25, -0.2) is 0 Å². The molecule has 0 amide bonds. The first-order valence-corrected chi connectivity index (χ1v) is 7.50. The van der Waals surface area contributed by atoms with E-state index in [-0.39, 0.29) is 0 Å². The Morgan fingerprint density at radius 1 is 1.10 bits per heavy atom. The van der Waals surface area contributed by atoms with Crippen molar-refractivity contribution in [3.63, 3.8) is 0 Å². The number of hydrogen-bond donors (Lipinski definition) is 0. The van der Waals surface area contributed by atoms with Gasteiger partial charge >= 0.3 is 6.18 Å². The highest BCUT2D eigenvalue weighted by Gasteiger charge is 2.29. The third-order valence-electron chi connectivity index (χ3n) is 3.08. The van der Waals surface area contributed by atoms with Crippen LogP contribution in [0.4, 0.5) is 13.2 Å². The molecule has 0 unspecified atom stereocenters. The molecule has 1 aromatic carbocycles. The van der Waals surface area contributed by atoms with E-state index in [0.29, 0.717) is 6.54 Å². The maximum Gasteiger partial charge on any atom is 0.416 e. The highest BCUT2D eigenvalue weighted by Crippen LogP contribution is 2.32. The van der Waals surface area contributed by atoms with Crippen LogP contribution in [0.3, 0.4) is 0 Å². The quantitative estimate of drug-likeness (QED) is 0.566. The lowest BCUT2D eigenvalue weighted by atomic mass is 10.1. The van der Waals surface area contributed by atoms with Crippen molar-refractivity contribution >= 4 is 37.5 Å². The molecule has 1 nitrogen and oxygen atoms in total. The Hall–Kier alpha value is -1.27. The zero-order valence-electron chi connectivity index (χ0n) is 10.1. The van der Waals surface area contributed by atoms with Crippen LogP contribution in [0.25, 0.3) is 10.2 Å². The minimum Gasteiger partial charge on any atom is -0.341 e. The number of benzene rings is 1. The third-order valence-corrected chi connectivity index (χ3v) is 4.92. The van der Waals surface area contributed by atoms with E-state index in [9.17, 15) is 13.2 Å². The van der Waals surface area contributed by atoms with Crippen LogP contribution in [0.1, 0.15) is 11.1 Å². The largest absolute Gasteiger partial charge is 0.416 e. The smallest absolute Gasteiger partial charge is 0.341 e. The van der Waals surface area contributed by atoms with Gasteiger partial charge in [-0.3, -0.25) is 0 Å². The summed E-state index contributed by atoms with van der Waals surface area (Å²) >= 11 is 5.12. The SMILES string of the molecule is FC(F)(F)c1ccc(Cn2ccc3scc(Br)c32)cc1. The van der Waals surface area contributed by atoms with E-state index in [2.05, 4.69) is 15.9 Å². The van der Waals surface area contributed by atoms with Crippen molar-refractivity contribution in [2.45, 2.75) is 12.7 Å². The topological polar surface area (TPSA) is 4.93 Å². The van der Waals surface area contributed by atoms with E-state index in [0.717, 1.165) is 32.4 Å². The van der Waals surface area contributed by atoms with Gasteiger partial charge < -0.3 is 4.57 Å². The highest BCUT2D eigenvalue weighted by molar-refractivity contribution is 9.10. The van der Waals surface area contributed by atoms with E-state index in [1.165, 1.54) is 12.1 Å². The van der Waals surface area contributed by atoms with Crippen LogP contribution >= 0.6 is 27.3 Å². The van der Waals surface area contributed by atoms with Crippen LogP contribution in [-0.2, 0) is 12.7 Å². The second-order valence-corrected chi connectivity index (χ2v) is 6.20. The molecule has 0 aliphatic heterocycles. The third kappa shape index (κ3) is 2.50. The number of halogens is 4. The summed E-state index contributed by atoms with van der Waals surface area (Å²) in [5.74, 6) is 0. The molecule has 0 saturated heterocycles. The summed E-state index contributed by atoms with van der Waals surface area (Å²) < 4.78 is 41.7. The molecule has 6 heteroatoms. The zero-order valence-corrected chi connectivity index (χ0v) is 12.5. The van der Waals surface area contributed by atoms with Gasteiger partial charge in [-0.1, -0.05) is 12.1 Å². The molecule has 0 atom stereocenters. The summed E-state index contributed by atoms with van der Waals surface area (Å²) in [6, 6.07) is 7.30. The summed E-state index contributed by atoms with van der Waals surface area (Å²) in [5.41, 5.74) is 1.30. The number of rotatable bonds is 2. The maximum atomic E-state index is 12.5. The number of alkyl halides is 3. The summed E-state index contributed by atoms with van der Waals surface area (Å²) in [6.45, 7) is 0.553. The Balaban J connectivity index is 1.89. The lowest BCUT2D eigenvalue weighted by Crippen LogP contribution is -2.05. The molecule has 104 valence electrons. The van der Waals surface area contributed by atoms with Crippen LogP contribution in [0.2, 0.25) is 0 Å². The Morgan fingerprint density at radius 2 is 1.80 bits per heavy atom. The predicted octanol–water partition coefficient (Wildman–Crippen LogP) is 5.53. The van der Waals surface area contributed by atoms with E-state index in [1.54, 1.807) is 11.3 Å². The number of nitrogens with zero attached hydrogens (tertiary/aromatic N) is 1. The summed E-state index contributed by atoms with van der Waals surface area (Å²) in [4.78, 5) is 0. The van der Waals surface area contributed by atoms with Crippen molar-refractivity contribution in [1.82, 2.24) is 4.57 Å². The summed E-state index contributed by atoms with van der Waals surface area (Å²) in [5, 5.41) is 2.01. The average molecular weight is 360 g/mol. The lowest BCUT2D eigenvalue weighted by Gasteiger charge is -2.09. The van der Waals surface area contributed by atoms with E-state index >= 15 is 0 Å². The van der Waals surface area contributed by atoms with Crippen molar-refractivity contribution in [2.24, 2.45) is 0 Å². The Morgan fingerprint density at radius 3 is 2.45 bits per heavy atom. The Bertz CT molecular complexity index is 740. The molecule has 0 aliphatic rings. The molecule has 0 bridgehead atoms. The van der Waals surface area contributed by atoms with Gasteiger partial charge in [0, 0.05) is 18.1 Å². The first-order chi connectivity index (χ1) is 9.45. The van der Waals surface area contributed by atoms with Crippen LogP contribution in [0.5, 0.6) is 0 Å². The summed E-state index contributed by atoms with van der Waals surface area (Å²) in [7, 11) is 0. The van der Waals surface area contributed by atoms with E-state index < -0.39 is 11.7 Å². The molecule has 0 radical (unpaired) electrons. The van der Waals surface area contributed by atoms with Gasteiger partial charge in [0.2, 0.25) is 0 Å². The molecular formula is C14H9BrF3NS. The van der Waals surface area contributed by atoms with Gasteiger partial charge in [0.1, 0.15) is 0 Å². The monoisotopic (exact) mass is 359 g/mol. The van der Waals surface area contributed by atoms with Gasteiger partial charge in [0.25, 0.3) is 0 Å². The second-order valence-electron chi connectivity index (χ2n) is 4.43. The minimum atomic E-state index is -4.28. The molecule has 3 rings (SSSR count). The predicted molar refractivity (Wildman–Crippen MR) is 78.1 cm³/mol. The zero-order chi connectivity index (χ0) is 14.3.